The van der Waals surface area contributed by atoms with Gasteiger partial charge in [0.05, 0.1) is 39.9 Å². The number of piperidine rings is 1. The summed E-state index contributed by atoms with van der Waals surface area (Å²) in [5.41, 5.74) is 4.20. The summed E-state index contributed by atoms with van der Waals surface area (Å²) < 4.78 is 2.67. The second kappa shape index (κ2) is 7.23. The number of aromatic amines is 1. The van der Waals surface area contributed by atoms with E-state index in [2.05, 4.69) is 41.1 Å². The van der Waals surface area contributed by atoms with E-state index in [4.69, 9.17) is 4.98 Å². The molecular weight excluding hydrogens is 434 g/mol. The molecule has 0 saturated carbocycles. The van der Waals surface area contributed by atoms with Gasteiger partial charge in [-0.25, -0.2) is 4.98 Å². The van der Waals surface area contributed by atoms with Crippen LogP contribution in [-0.4, -0.2) is 54.2 Å². The van der Waals surface area contributed by atoms with Gasteiger partial charge in [-0.15, -0.1) is 0 Å². The molecule has 0 aliphatic carbocycles. The van der Waals surface area contributed by atoms with Gasteiger partial charge in [0.1, 0.15) is 11.5 Å². The number of aliphatic hydroxyl groups excluding tert-OH is 1. The largest absolute Gasteiger partial charge is 0.391 e. The normalized spacial score (nSPS) is 17.2. The predicted octanol–water partition coefficient (Wildman–Crippen LogP) is 3.14. The summed E-state index contributed by atoms with van der Waals surface area (Å²) in [5.74, 6) is 0.832. The van der Waals surface area contributed by atoms with Gasteiger partial charge in [0.2, 0.25) is 0 Å². The molecule has 4 aromatic rings. The highest BCUT2D eigenvalue weighted by atomic mass is 79.9. The molecule has 5 rings (SSSR count). The summed E-state index contributed by atoms with van der Waals surface area (Å²) in [6.45, 7) is 1.47. The van der Waals surface area contributed by atoms with Crippen molar-refractivity contribution in [1.82, 2.24) is 29.9 Å². The summed E-state index contributed by atoms with van der Waals surface area (Å²) in [6.07, 6.45) is 6.99. The van der Waals surface area contributed by atoms with E-state index >= 15 is 0 Å². The van der Waals surface area contributed by atoms with E-state index in [1.807, 2.05) is 31.4 Å². The molecule has 4 aromatic heterocycles. The maximum atomic E-state index is 10.1. The zero-order chi connectivity index (χ0) is 20.0. The Hall–Kier alpha value is -2.78. The zero-order valence-electron chi connectivity index (χ0n) is 15.9. The van der Waals surface area contributed by atoms with Crippen LogP contribution in [0.25, 0.3) is 33.5 Å². The van der Waals surface area contributed by atoms with Crippen molar-refractivity contribution in [3.05, 3.63) is 41.3 Å². The highest BCUT2D eigenvalue weighted by Gasteiger charge is 2.22. The zero-order valence-corrected chi connectivity index (χ0v) is 17.5. The third-order valence-corrected chi connectivity index (χ3v) is 5.83. The van der Waals surface area contributed by atoms with Gasteiger partial charge in [-0.2, -0.15) is 10.2 Å². The second-order valence-electron chi connectivity index (χ2n) is 7.33. The lowest BCUT2D eigenvalue weighted by Crippen LogP contribution is -2.38. The van der Waals surface area contributed by atoms with E-state index in [0.29, 0.717) is 6.54 Å². The van der Waals surface area contributed by atoms with Crippen molar-refractivity contribution in [3.63, 3.8) is 0 Å². The first-order chi connectivity index (χ1) is 14.1. The molecule has 0 bridgehead atoms. The van der Waals surface area contributed by atoms with Crippen molar-refractivity contribution in [2.75, 3.05) is 18.0 Å². The summed E-state index contributed by atoms with van der Waals surface area (Å²) >= 11 is 3.61. The maximum absolute atomic E-state index is 10.1. The van der Waals surface area contributed by atoms with Crippen LogP contribution in [0.4, 0.5) is 5.82 Å². The second-order valence-corrected chi connectivity index (χ2v) is 8.19. The highest BCUT2D eigenvalue weighted by Crippen LogP contribution is 2.33. The van der Waals surface area contributed by atoms with E-state index in [9.17, 15) is 5.11 Å². The van der Waals surface area contributed by atoms with E-state index < -0.39 is 0 Å². The lowest BCUT2D eigenvalue weighted by Gasteiger charge is -2.31. The molecule has 0 spiro atoms. The fraction of sp³-hybridized carbons (Fsp3) is 0.300. The third-order valence-electron chi connectivity index (χ3n) is 5.21. The molecule has 0 aromatic carbocycles. The topological polar surface area (TPSA) is 95.8 Å². The van der Waals surface area contributed by atoms with Crippen LogP contribution < -0.4 is 4.90 Å². The van der Waals surface area contributed by atoms with Crippen LogP contribution in [0.3, 0.4) is 0 Å². The Balaban J connectivity index is 1.57. The first-order valence-electron chi connectivity index (χ1n) is 9.51. The van der Waals surface area contributed by atoms with Gasteiger partial charge in [-0.1, -0.05) is 0 Å². The van der Waals surface area contributed by atoms with Crippen molar-refractivity contribution < 1.29 is 5.11 Å². The van der Waals surface area contributed by atoms with E-state index in [1.54, 1.807) is 17.1 Å². The molecule has 1 unspecified atom stereocenters. The summed E-state index contributed by atoms with van der Waals surface area (Å²) in [7, 11) is 1.89. The van der Waals surface area contributed by atoms with Gasteiger partial charge < -0.3 is 10.0 Å². The molecule has 148 valence electrons. The van der Waals surface area contributed by atoms with Crippen LogP contribution in [0.5, 0.6) is 0 Å². The maximum Gasteiger partial charge on any atom is 0.143 e. The number of rotatable bonds is 3. The van der Waals surface area contributed by atoms with E-state index in [0.717, 1.165) is 63.2 Å². The standard InChI is InChI=1S/C20H20BrN7O/c1-27-10-12(8-23-27)17-7-14-18(9-22-17)25-26-19(14)16-5-4-15(21)20(24-16)28-6-2-3-13(29)11-28/h4-5,7-10,13,29H,2-3,6,11H2,1H3,(H,25,26). The number of β-amino-alcohol motifs (C(OH)–C–C–N with tert-alkyl or cyclic N) is 1. The number of aliphatic hydroxyl groups is 1. The molecule has 1 aliphatic rings. The fourth-order valence-electron chi connectivity index (χ4n) is 3.76. The van der Waals surface area contributed by atoms with Gasteiger partial charge >= 0.3 is 0 Å². The number of hydrogen-bond donors (Lipinski definition) is 2. The van der Waals surface area contributed by atoms with Crippen LogP contribution in [0, 0.1) is 0 Å². The molecule has 0 radical (unpaired) electrons. The summed E-state index contributed by atoms with van der Waals surface area (Å²) in [6, 6.07) is 5.95. The van der Waals surface area contributed by atoms with Crippen LogP contribution >= 0.6 is 15.9 Å². The van der Waals surface area contributed by atoms with Gasteiger partial charge in [-0.3, -0.25) is 14.8 Å². The van der Waals surface area contributed by atoms with E-state index in [1.165, 1.54) is 0 Å². The van der Waals surface area contributed by atoms with Crippen molar-refractivity contribution in [1.29, 1.82) is 0 Å². The monoisotopic (exact) mass is 453 g/mol. The molecule has 0 amide bonds. The fourth-order valence-corrected chi connectivity index (χ4v) is 4.23. The van der Waals surface area contributed by atoms with Crippen LogP contribution in [0.1, 0.15) is 12.8 Å². The Morgan fingerprint density at radius 3 is 2.93 bits per heavy atom. The van der Waals surface area contributed by atoms with Crippen molar-refractivity contribution in [2.45, 2.75) is 18.9 Å². The Morgan fingerprint density at radius 1 is 1.24 bits per heavy atom. The Bertz CT molecular complexity index is 1180. The number of nitrogens with zero attached hydrogens (tertiary/aromatic N) is 6. The number of fused-ring (bicyclic) bond motifs is 1. The Morgan fingerprint density at radius 2 is 2.14 bits per heavy atom. The number of aryl methyl sites for hydroxylation is 1. The molecule has 29 heavy (non-hydrogen) atoms. The molecule has 1 atom stereocenters. The van der Waals surface area contributed by atoms with Crippen molar-refractivity contribution >= 4 is 32.7 Å². The number of nitrogens with one attached hydrogen (secondary N) is 1. The molecule has 1 fully saturated rings. The minimum Gasteiger partial charge on any atom is -0.391 e. The van der Waals surface area contributed by atoms with Crippen molar-refractivity contribution in [2.24, 2.45) is 7.05 Å². The quantitative estimate of drug-likeness (QED) is 0.494. The predicted molar refractivity (Wildman–Crippen MR) is 114 cm³/mol. The number of aromatic nitrogens is 6. The molecule has 8 nitrogen and oxygen atoms in total. The minimum atomic E-state index is -0.319. The number of anilines is 1. The number of pyridine rings is 2. The Kier molecular flexibility index (Phi) is 4.56. The molecular formula is C20H20BrN7O. The minimum absolute atomic E-state index is 0.319. The Labute approximate surface area is 175 Å². The molecule has 1 aliphatic heterocycles. The lowest BCUT2D eigenvalue weighted by atomic mass is 10.1. The molecule has 5 heterocycles. The number of H-pyrrole nitrogens is 1. The average molecular weight is 454 g/mol. The number of hydrogen-bond acceptors (Lipinski definition) is 6. The number of halogens is 1. The van der Waals surface area contributed by atoms with Gasteiger partial charge in [0.15, 0.2) is 0 Å². The van der Waals surface area contributed by atoms with Gasteiger partial charge in [0, 0.05) is 37.3 Å². The van der Waals surface area contributed by atoms with Crippen LogP contribution in [0.15, 0.2) is 41.3 Å². The summed E-state index contributed by atoms with van der Waals surface area (Å²) in [4.78, 5) is 11.5. The SMILES string of the molecule is Cn1cc(-c2cc3c(-c4ccc(Br)c(N5CCCC(O)C5)n4)n[nH]c3cn2)cn1. The van der Waals surface area contributed by atoms with E-state index in [-0.39, 0.29) is 6.10 Å². The average Bonchev–Trinajstić information content (AvgIpc) is 3.34. The lowest BCUT2D eigenvalue weighted by molar-refractivity contribution is 0.154. The van der Waals surface area contributed by atoms with Crippen LogP contribution in [0.2, 0.25) is 0 Å². The third kappa shape index (κ3) is 3.40. The van der Waals surface area contributed by atoms with Crippen molar-refractivity contribution in [3.8, 4) is 22.6 Å². The summed E-state index contributed by atoms with van der Waals surface area (Å²) in [5, 5.41) is 22.8. The van der Waals surface area contributed by atoms with Gasteiger partial charge in [0.25, 0.3) is 0 Å². The van der Waals surface area contributed by atoms with Crippen LogP contribution in [-0.2, 0) is 7.05 Å². The first kappa shape index (κ1) is 18.3. The molecule has 1 saturated heterocycles. The molecule has 9 heteroatoms. The smallest absolute Gasteiger partial charge is 0.143 e. The molecule has 2 N–H and O–H groups in total. The first-order valence-corrected chi connectivity index (χ1v) is 10.3. The highest BCUT2D eigenvalue weighted by molar-refractivity contribution is 9.10. The van der Waals surface area contributed by atoms with Gasteiger partial charge in [-0.05, 0) is 47.0 Å².